The van der Waals surface area contributed by atoms with Crippen LogP contribution in [0, 0.1) is 11.2 Å². The minimum absolute atomic E-state index is 0. The van der Waals surface area contributed by atoms with Crippen LogP contribution in [0.15, 0.2) is 24.3 Å². The zero-order valence-corrected chi connectivity index (χ0v) is 13.9. The second-order valence-electron chi connectivity index (χ2n) is 6.10. The van der Waals surface area contributed by atoms with Gasteiger partial charge in [-0.15, -0.1) is 12.4 Å². The highest BCUT2D eigenvalue weighted by Crippen LogP contribution is 2.30. The summed E-state index contributed by atoms with van der Waals surface area (Å²) in [5, 5.41) is 0. The summed E-state index contributed by atoms with van der Waals surface area (Å²) in [6.45, 7) is 4.85. The van der Waals surface area contributed by atoms with Gasteiger partial charge in [0.1, 0.15) is 5.82 Å². The quantitative estimate of drug-likeness (QED) is 0.919. The number of halogens is 2. The van der Waals surface area contributed by atoms with E-state index in [1.54, 1.807) is 0 Å². The Kier molecular flexibility index (Phi) is 5.77. The minimum Gasteiger partial charge on any atom is -0.327 e. The Morgan fingerprint density at radius 2 is 1.90 bits per heavy atom. The summed E-state index contributed by atoms with van der Waals surface area (Å²) in [6.07, 6.45) is 0.662. The van der Waals surface area contributed by atoms with E-state index in [-0.39, 0.29) is 35.4 Å². The van der Waals surface area contributed by atoms with Crippen molar-refractivity contribution in [2.24, 2.45) is 11.1 Å². The highest BCUT2D eigenvalue weighted by Gasteiger charge is 2.38. The van der Waals surface area contributed by atoms with Crippen LogP contribution in [0.25, 0.3) is 0 Å². The van der Waals surface area contributed by atoms with Gasteiger partial charge in [-0.05, 0) is 29.5 Å². The van der Waals surface area contributed by atoms with Crippen LogP contribution < -0.4 is 5.73 Å². The lowest BCUT2D eigenvalue weighted by molar-refractivity contribution is 0.155. The molecule has 2 N–H and O–H groups in total. The van der Waals surface area contributed by atoms with Gasteiger partial charge >= 0.3 is 0 Å². The van der Waals surface area contributed by atoms with Crippen LogP contribution in [-0.4, -0.2) is 31.9 Å². The normalized spacial score (nSPS) is 22.6. The summed E-state index contributed by atoms with van der Waals surface area (Å²) in [5.41, 5.74) is 6.39. The van der Waals surface area contributed by atoms with E-state index in [2.05, 4.69) is 0 Å². The topological polar surface area (TPSA) is 63.4 Å². The van der Waals surface area contributed by atoms with Gasteiger partial charge in [0.05, 0.1) is 5.75 Å². The van der Waals surface area contributed by atoms with Crippen molar-refractivity contribution in [3.8, 4) is 0 Å². The summed E-state index contributed by atoms with van der Waals surface area (Å²) >= 11 is 0. The average molecular weight is 337 g/mol. The molecule has 1 unspecified atom stereocenters. The van der Waals surface area contributed by atoms with Crippen LogP contribution in [0.1, 0.15) is 25.8 Å². The van der Waals surface area contributed by atoms with Crippen molar-refractivity contribution in [3.05, 3.63) is 35.6 Å². The number of hydrogen-bond acceptors (Lipinski definition) is 3. The Morgan fingerprint density at radius 1 is 1.33 bits per heavy atom. The summed E-state index contributed by atoms with van der Waals surface area (Å²) in [6, 6.07) is 5.59. The van der Waals surface area contributed by atoms with E-state index in [0.717, 1.165) is 0 Å². The molecule has 0 bridgehead atoms. The Morgan fingerprint density at radius 3 is 2.43 bits per heavy atom. The van der Waals surface area contributed by atoms with Gasteiger partial charge in [0.15, 0.2) is 0 Å². The molecule has 1 aromatic rings. The van der Waals surface area contributed by atoms with Gasteiger partial charge in [0.25, 0.3) is 0 Å². The number of nitrogens with two attached hydrogens (primary N) is 1. The standard InChI is InChI=1S/C14H21FN2O2S.ClH/c1-14(2)10-17(8-7-13(14)16)20(18,19)9-11-3-5-12(15)6-4-11;/h3-6,13H,7-10,16H2,1-2H3;1H. The molecule has 1 heterocycles. The third-order valence-electron chi connectivity index (χ3n) is 3.93. The molecule has 1 atom stereocenters. The number of benzene rings is 1. The second-order valence-corrected chi connectivity index (χ2v) is 8.07. The molecule has 0 saturated carbocycles. The van der Waals surface area contributed by atoms with Crippen LogP contribution in [0.3, 0.4) is 0 Å². The predicted molar refractivity (Wildman–Crippen MR) is 84.2 cm³/mol. The monoisotopic (exact) mass is 336 g/mol. The molecule has 0 aliphatic carbocycles. The molecule has 1 aliphatic rings. The fourth-order valence-electron chi connectivity index (χ4n) is 2.44. The second kappa shape index (κ2) is 6.60. The minimum atomic E-state index is -3.39. The summed E-state index contributed by atoms with van der Waals surface area (Å²) in [7, 11) is -3.39. The summed E-state index contributed by atoms with van der Waals surface area (Å²) < 4.78 is 39.2. The Labute approximate surface area is 132 Å². The van der Waals surface area contributed by atoms with Crippen molar-refractivity contribution in [1.82, 2.24) is 4.31 Å². The van der Waals surface area contributed by atoms with E-state index in [0.29, 0.717) is 25.1 Å². The van der Waals surface area contributed by atoms with Gasteiger partial charge in [-0.2, -0.15) is 0 Å². The molecule has 0 amide bonds. The predicted octanol–water partition coefficient (Wildman–Crippen LogP) is 2.14. The van der Waals surface area contributed by atoms with Crippen LogP contribution in [-0.2, 0) is 15.8 Å². The van der Waals surface area contributed by atoms with Gasteiger partial charge in [0, 0.05) is 19.1 Å². The molecule has 4 nitrogen and oxygen atoms in total. The largest absolute Gasteiger partial charge is 0.327 e. The van der Waals surface area contributed by atoms with Crippen LogP contribution in [0.4, 0.5) is 4.39 Å². The first-order chi connectivity index (χ1) is 9.21. The average Bonchev–Trinajstić information content (AvgIpc) is 2.35. The van der Waals surface area contributed by atoms with Crippen molar-refractivity contribution in [2.45, 2.75) is 32.1 Å². The van der Waals surface area contributed by atoms with Crippen molar-refractivity contribution >= 4 is 22.4 Å². The zero-order valence-electron chi connectivity index (χ0n) is 12.3. The maximum Gasteiger partial charge on any atom is 0.218 e. The van der Waals surface area contributed by atoms with E-state index >= 15 is 0 Å². The molecule has 2 rings (SSSR count). The first-order valence-corrected chi connectivity index (χ1v) is 8.29. The lowest BCUT2D eigenvalue weighted by atomic mass is 9.81. The van der Waals surface area contributed by atoms with E-state index in [9.17, 15) is 12.8 Å². The van der Waals surface area contributed by atoms with Gasteiger partial charge in [0.2, 0.25) is 10.0 Å². The molecule has 1 saturated heterocycles. The summed E-state index contributed by atoms with van der Waals surface area (Å²) in [5.74, 6) is -0.463. The molecule has 21 heavy (non-hydrogen) atoms. The molecule has 1 aromatic carbocycles. The highest BCUT2D eigenvalue weighted by atomic mass is 35.5. The van der Waals surface area contributed by atoms with Gasteiger partial charge in [-0.3, -0.25) is 0 Å². The molecule has 0 aromatic heterocycles. The van der Waals surface area contributed by atoms with Gasteiger partial charge in [-0.1, -0.05) is 26.0 Å². The lowest BCUT2D eigenvalue weighted by Crippen LogP contribution is -2.54. The summed E-state index contributed by atoms with van der Waals surface area (Å²) in [4.78, 5) is 0. The van der Waals surface area contributed by atoms with Crippen molar-refractivity contribution in [1.29, 1.82) is 0 Å². The van der Waals surface area contributed by atoms with Crippen molar-refractivity contribution < 1.29 is 12.8 Å². The Bertz CT molecular complexity index is 575. The first-order valence-electron chi connectivity index (χ1n) is 6.68. The van der Waals surface area contributed by atoms with E-state index in [1.807, 2.05) is 13.8 Å². The molecule has 1 aliphatic heterocycles. The van der Waals surface area contributed by atoms with Crippen LogP contribution in [0.5, 0.6) is 0 Å². The number of rotatable bonds is 3. The SMILES string of the molecule is CC1(C)CN(S(=O)(=O)Cc2ccc(F)cc2)CCC1N.Cl. The van der Waals surface area contributed by atoms with Crippen molar-refractivity contribution in [3.63, 3.8) is 0 Å². The molecular weight excluding hydrogens is 315 g/mol. The Balaban J connectivity index is 0.00000220. The lowest BCUT2D eigenvalue weighted by Gasteiger charge is -2.41. The maximum atomic E-state index is 12.8. The van der Waals surface area contributed by atoms with E-state index in [4.69, 9.17) is 5.73 Å². The molecule has 0 radical (unpaired) electrons. The van der Waals surface area contributed by atoms with E-state index in [1.165, 1.54) is 28.6 Å². The highest BCUT2D eigenvalue weighted by molar-refractivity contribution is 7.88. The molecule has 7 heteroatoms. The maximum absolute atomic E-state index is 12.8. The molecule has 0 spiro atoms. The third kappa shape index (κ3) is 4.39. The van der Waals surface area contributed by atoms with Gasteiger partial charge < -0.3 is 5.73 Å². The van der Waals surface area contributed by atoms with Crippen LogP contribution >= 0.6 is 12.4 Å². The van der Waals surface area contributed by atoms with Crippen LogP contribution in [0.2, 0.25) is 0 Å². The van der Waals surface area contributed by atoms with Gasteiger partial charge in [-0.25, -0.2) is 17.1 Å². The molecule has 120 valence electrons. The van der Waals surface area contributed by atoms with E-state index < -0.39 is 10.0 Å². The van der Waals surface area contributed by atoms with Crippen molar-refractivity contribution in [2.75, 3.05) is 13.1 Å². The number of sulfonamides is 1. The smallest absolute Gasteiger partial charge is 0.218 e. The molecule has 1 fully saturated rings. The zero-order chi connectivity index (χ0) is 15.0. The molecular formula is C14H22ClFN2O2S. The Hall–Kier alpha value is -0.690. The fourth-order valence-corrected chi connectivity index (χ4v) is 4.15. The number of piperidine rings is 1. The third-order valence-corrected chi connectivity index (χ3v) is 5.73. The first kappa shape index (κ1) is 18.4. The fraction of sp³-hybridized carbons (Fsp3) is 0.571. The number of nitrogens with zero attached hydrogens (tertiary/aromatic N) is 1. The number of hydrogen-bond donors (Lipinski definition) is 1.